The lowest BCUT2D eigenvalue weighted by atomic mass is 10.1. The molecule has 1 aliphatic heterocycles. The van der Waals surface area contributed by atoms with Gasteiger partial charge >= 0.3 is 0 Å². The lowest BCUT2D eigenvalue weighted by Crippen LogP contribution is -2.11. The quantitative estimate of drug-likeness (QED) is 0.686. The number of halogens is 2. The Morgan fingerprint density at radius 2 is 1.86 bits per heavy atom. The molecule has 3 rings (SSSR count). The van der Waals surface area contributed by atoms with Crippen molar-refractivity contribution in [2.75, 3.05) is 0 Å². The molecule has 0 spiro atoms. The van der Waals surface area contributed by atoms with Crippen LogP contribution in [0.15, 0.2) is 34.1 Å². The van der Waals surface area contributed by atoms with Crippen molar-refractivity contribution in [1.29, 1.82) is 0 Å². The minimum atomic E-state index is -0.0496. The van der Waals surface area contributed by atoms with E-state index in [1.165, 1.54) is 18.7 Å². The van der Waals surface area contributed by atoms with Crippen molar-refractivity contribution >= 4 is 86.9 Å². The number of benzene rings is 2. The molecule has 21 heavy (non-hydrogen) atoms. The Bertz CT molecular complexity index is 948. The van der Waals surface area contributed by atoms with E-state index in [1.807, 2.05) is 24.3 Å². The van der Waals surface area contributed by atoms with Gasteiger partial charge in [0.15, 0.2) is 5.78 Å². The number of Topliss-reactive ketones (excluding diaryl/α,β-unsaturated/α-hetero) is 1. The van der Waals surface area contributed by atoms with Crippen LogP contribution in [0.5, 0.6) is 0 Å². The molecule has 106 valence electrons. The van der Waals surface area contributed by atoms with Gasteiger partial charge in [0.25, 0.3) is 0 Å². The molecular weight excluding hydrogens is 436 g/mol. The van der Waals surface area contributed by atoms with Crippen LogP contribution in [0.4, 0.5) is 0 Å². The molecule has 6 heteroatoms. The summed E-state index contributed by atoms with van der Waals surface area (Å²) in [5.41, 5.74) is 0. The van der Waals surface area contributed by atoms with Crippen LogP contribution < -0.4 is 10.4 Å². The fourth-order valence-corrected chi connectivity index (χ4v) is 4.78. The van der Waals surface area contributed by atoms with Crippen molar-refractivity contribution in [1.82, 2.24) is 0 Å². The Hall–Kier alpha value is -0.560. The van der Waals surface area contributed by atoms with Crippen LogP contribution in [0.1, 0.15) is 6.92 Å². The van der Waals surface area contributed by atoms with Crippen LogP contribution in [-0.2, 0) is 9.59 Å². The maximum atomic E-state index is 11.8. The number of hydrogen-bond acceptors (Lipinski definition) is 4. The van der Waals surface area contributed by atoms with Crippen LogP contribution >= 0.6 is 56.3 Å². The minimum Gasteiger partial charge on any atom is -0.294 e. The number of rotatable bonds is 1. The number of ketones is 1. The minimum absolute atomic E-state index is 0.0127. The van der Waals surface area contributed by atoms with Crippen molar-refractivity contribution in [2.24, 2.45) is 0 Å². The van der Waals surface area contributed by atoms with Crippen LogP contribution in [0.3, 0.4) is 0 Å². The van der Waals surface area contributed by atoms with Gasteiger partial charge in [-0.05, 0) is 61.3 Å². The molecule has 1 aliphatic rings. The third-order valence-electron chi connectivity index (χ3n) is 3.28. The molecule has 0 radical (unpaired) electrons. The monoisotopic (exact) mass is 442 g/mol. The largest absolute Gasteiger partial charge is 0.294 e. The lowest BCUT2D eigenvalue weighted by Gasteiger charge is -2.06. The molecule has 1 heterocycles. The zero-order chi connectivity index (χ0) is 15.3. The summed E-state index contributed by atoms with van der Waals surface area (Å²) in [5.74, 6) is -0.0496. The van der Waals surface area contributed by atoms with Crippen LogP contribution in [0.2, 0.25) is 0 Å². The van der Waals surface area contributed by atoms with Crippen LogP contribution in [0.25, 0.3) is 19.7 Å². The second-order valence-corrected chi connectivity index (χ2v) is 7.59. The summed E-state index contributed by atoms with van der Waals surface area (Å²) in [6, 6.07) is 7.62. The standard InChI is InChI=1S/C15H8Br2O2S2/c1-6(18)11(16)9-4-3-8-7(13(9)20)2-5-10-12(17)15(19)21-14(8)10/h2-5,20H,1H3/b11-9+. The molecule has 0 N–H and O–H groups in total. The second-order valence-electron chi connectivity index (χ2n) is 4.57. The van der Waals surface area contributed by atoms with Crippen molar-refractivity contribution in [3.05, 3.63) is 34.7 Å². The predicted octanol–water partition coefficient (Wildman–Crippen LogP) is 3.36. The highest BCUT2D eigenvalue weighted by Gasteiger charge is 2.22. The maximum Gasteiger partial charge on any atom is 0.231 e. The van der Waals surface area contributed by atoms with Gasteiger partial charge in [-0.2, -0.15) is 0 Å². The molecule has 2 aromatic rings. The van der Waals surface area contributed by atoms with Gasteiger partial charge in [-0.3, -0.25) is 9.59 Å². The van der Waals surface area contributed by atoms with Crippen LogP contribution in [-0.4, -0.2) is 10.9 Å². The van der Waals surface area contributed by atoms with Crippen molar-refractivity contribution in [3.63, 3.8) is 0 Å². The molecule has 0 saturated heterocycles. The summed E-state index contributed by atoms with van der Waals surface area (Å²) in [4.78, 5) is 25.0. The smallest absolute Gasteiger partial charge is 0.231 e. The molecule has 0 aliphatic carbocycles. The van der Waals surface area contributed by atoms with Gasteiger partial charge in [0.1, 0.15) is 0 Å². The fourth-order valence-electron chi connectivity index (χ4n) is 2.26. The molecule has 0 aromatic heterocycles. The third kappa shape index (κ3) is 2.42. The van der Waals surface area contributed by atoms with Gasteiger partial charge in [0.05, 0.1) is 8.96 Å². The SMILES string of the molecule is CC(=O)/C(Br)=c1/ccc2c3c(ccc2c1S)=C(Br)C(=O)S3. The van der Waals surface area contributed by atoms with E-state index in [-0.39, 0.29) is 10.9 Å². The Kier molecular flexibility index (Phi) is 4.07. The molecule has 2 nitrogen and oxygen atoms in total. The number of carbonyl (C=O) groups excluding carboxylic acids is 2. The Labute approximate surface area is 147 Å². The summed E-state index contributed by atoms with van der Waals surface area (Å²) in [7, 11) is 0. The summed E-state index contributed by atoms with van der Waals surface area (Å²) in [6.45, 7) is 1.50. The molecular formula is C15H8Br2O2S2. The molecule has 0 unspecified atom stereocenters. The first kappa shape index (κ1) is 15.3. The number of fused-ring (bicyclic) bond motifs is 3. The van der Waals surface area contributed by atoms with Crippen molar-refractivity contribution < 1.29 is 9.59 Å². The normalized spacial score (nSPS) is 15.4. The molecule has 0 fully saturated rings. The summed E-state index contributed by atoms with van der Waals surface area (Å²) in [6.07, 6.45) is 0. The molecule has 0 atom stereocenters. The van der Waals surface area contributed by atoms with Gasteiger partial charge in [-0.1, -0.05) is 24.3 Å². The van der Waals surface area contributed by atoms with Crippen LogP contribution in [0, 0.1) is 0 Å². The summed E-state index contributed by atoms with van der Waals surface area (Å²) < 4.78 is 1.11. The van der Waals surface area contributed by atoms with E-state index >= 15 is 0 Å². The highest BCUT2D eigenvalue weighted by Crippen LogP contribution is 2.35. The van der Waals surface area contributed by atoms with Gasteiger partial charge in [0.2, 0.25) is 5.12 Å². The van der Waals surface area contributed by atoms with E-state index in [9.17, 15) is 9.59 Å². The van der Waals surface area contributed by atoms with Gasteiger partial charge in [-0.25, -0.2) is 0 Å². The topological polar surface area (TPSA) is 34.1 Å². The average molecular weight is 444 g/mol. The number of thioether (sulfide) groups is 1. The van der Waals surface area contributed by atoms with E-state index in [0.29, 0.717) is 8.96 Å². The number of carbonyl (C=O) groups is 2. The Morgan fingerprint density at radius 3 is 2.52 bits per heavy atom. The molecule has 0 bridgehead atoms. The van der Waals surface area contributed by atoms with Gasteiger partial charge in [-0.15, -0.1) is 12.6 Å². The summed E-state index contributed by atoms with van der Waals surface area (Å²) in [5, 5.41) is 3.58. The van der Waals surface area contributed by atoms with Gasteiger partial charge in [0, 0.05) is 20.2 Å². The fraction of sp³-hybridized carbons (Fsp3) is 0.0667. The Morgan fingerprint density at radius 1 is 1.19 bits per heavy atom. The molecule has 0 amide bonds. The summed E-state index contributed by atoms with van der Waals surface area (Å²) >= 11 is 12.4. The average Bonchev–Trinajstić information content (AvgIpc) is 2.74. The van der Waals surface area contributed by atoms with Crippen molar-refractivity contribution in [2.45, 2.75) is 16.7 Å². The highest BCUT2D eigenvalue weighted by molar-refractivity contribution is 9.15. The first-order chi connectivity index (χ1) is 9.91. The maximum absolute atomic E-state index is 11.8. The zero-order valence-corrected chi connectivity index (χ0v) is 15.6. The van der Waals surface area contributed by atoms with E-state index in [4.69, 9.17) is 0 Å². The van der Waals surface area contributed by atoms with E-state index in [2.05, 4.69) is 44.5 Å². The second kappa shape index (κ2) is 5.57. The number of thiol groups is 1. The zero-order valence-electron chi connectivity index (χ0n) is 10.7. The lowest BCUT2D eigenvalue weighted by molar-refractivity contribution is -0.111. The Balaban J connectivity index is 2.45. The first-order valence-corrected chi connectivity index (χ1v) is 8.84. The predicted molar refractivity (Wildman–Crippen MR) is 96.7 cm³/mol. The highest BCUT2D eigenvalue weighted by atomic mass is 79.9. The van der Waals surface area contributed by atoms with Crippen molar-refractivity contribution in [3.8, 4) is 0 Å². The third-order valence-corrected chi connectivity index (χ3v) is 6.83. The van der Waals surface area contributed by atoms with Gasteiger partial charge < -0.3 is 0 Å². The molecule has 2 aromatic carbocycles. The molecule has 0 saturated carbocycles. The van der Waals surface area contributed by atoms with E-state index < -0.39 is 0 Å². The number of hydrogen-bond donors (Lipinski definition) is 1. The van der Waals surface area contributed by atoms with E-state index in [0.717, 1.165) is 31.0 Å². The first-order valence-electron chi connectivity index (χ1n) is 5.99. The van der Waals surface area contributed by atoms with E-state index in [1.54, 1.807) is 0 Å².